The van der Waals surface area contributed by atoms with Crippen LogP contribution in [0.3, 0.4) is 0 Å². The number of nitrogens with zero attached hydrogens (tertiary/aromatic N) is 3. The van der Waals surface area contributed by atoms with Crippen LogP contribution in [0.5, 0.6) is 0 Å². The Kier molecular flexibility index (Phi) is 5.55. The summed E-state index contributed by atoms with van der Waals surface area (Å²) in [5, 5.41) is 9.68. The molecule has 3 aromatic rings. The van der Waals surface area contributed by atoms with Crippen molar-refractivity contribution >= 4 is 17.2 Å². The van der Waals surface area contributed by atoms with Gasteiger partial charge < -0.3 is 14.6 Å². The molecule has 0 saturated carbocycles. The van der Waals surface area contributed by atoms with Crippen LogP contribution in [0.25, 0.3) is 10.6 Å². The average molecular weight is 384 g/mol. The molecule has 140 valence electrons. The van der Waals surface area contributed by atoms with Gasteiger partial charge in [-0.15, -0.1) is 11.3 Å². The van der Waals surface area contributed by atoms with Gasteiger partial charge in [0.1, 0.15) is 11.1 Å². The van der Waals surface area contributed by atoms with Gasteiger partial charge in [0.05, 0.1) is 12.1 Å². The standard InChI is InChI=1S/C19H20N4O3S/c24-17(11-14-12-27-19(21-14)13-5-2-1-3-6-13)20-9-8-16-22-18(26-23-16)15-7-4-10-25-15/h1-3,5-6,12,15H,4,7-11H2,(H,20,24). The number of benzene rings is 1. The first-order chi connectivity index (χ1) is 13.3. The SMILES string of the molecule is O=C(Cc1csc(-c2ccccc2)n1)NCCc1noc(C2CCCO2)n1. The van der Waals surface area contributed by atoms with E-state index in [1.807, 2.05) is 35.7 Å². The van der Waals surface area contributed by atoms with Crippen LogP contribution in [0.1, 0.15) is 36.4 Å². The third-order valence-electron chi connectivity index (χ3n) is 4.27. The lowest BCUT2D eigenvalue weighted by Gasteiger charge is -2.02. The fourth-order valence-electron chi connectivity index (χ4n) is 2.91. The molecule has 4 rings (SSSR count). The normalized spacial score (nSPS) is 16.5. The van der Waals surface area contributed by atoms with Crippen molar-refractivity contribution in [1.82, 2.24) is 20.4 Å². The molecule has 2 aromatic heterocycles. The number of ether oxygens (including phenoxy) is 1. The molecule has 1 unspecified atom stereocenters. The minimum atomic E-state index is -0.0793. The Balaban J connectivity index is 1.24. The van der Waals surface area contributed by atoms with Crippen LogP contribution in [0, 0.1) is 0 Å². The molecule has 1 atom stereocenters. The van der Waals surface area contributed by atoms with Crippen LogP contribution in [-0.2, 0) is 22.4 Å². The number of amides is 1. The van der Waals surface area contributed by atoms with Crippen LogP contribution in [-0.4, -0.2) is 34.2 Å². The van der Waals surface area contributed by atoms with Gasteiger partial charge in [-0.1, -0.05) is 35.5 Å². The number of thiazole rings is 1. The van der Waals surface area contributed by atoms with E-state index in [1.165, 1.54) is 0 Å². The van der Waals surface area contributed by atoms with Gasteiger partial charge in [0.2, 0.25) is 5.91 Å². The van der Waals surface area contributed by atoms with E-state index in [2.05, 4.69) is 20.4 Å². The summed E-state index contributed by atoms with van der Waals surface area (Å²) >= 11 is 1.54. The maximum absolute atomic E-state index is 12.1. The third kappa shape index (κ3) is 4.58. The number of carbonyl (C=O) groups is 1. The van der Waals surface area contributed by atoms with E-state index in [1.54, 1.807) is 11.3 Å². The lowest BCUT2D eigenvalue weighted by molar-refractivity contribution is -0.120. The predicted octanol–water partition coefficient (Wildman–Crippen LogP) is 2.95. The Morgan fingerprint density at radius 2 is 2.15 bits per heavy atom. The first kappa shape index (κ1) is 17.8. The van der Waals surface area contributed by atoms with Crippen molar-refractivity contribution in [2.24, 2.45) is 0 Å². The smallest absolute Gasteiger partial charge is 0.255 e. The van der Waals surface area contributed by atoms with Gasteiger partial charge in [0.25, 0.3) is 5.89 Å². The number of rotatable bonds is 7. The molecular weight excluding hydrogens is 364 g/mol. The molecule has 0 bridgehead atoms. The lowest BCUT2D eigenvalue weighted by Crippen LogP contribution is -2.27. The molecule has 0 radical (unpaired) electrons. The highest BCUT2D eigenvalue weighted by atomic mass is 32.1. The Bertz CT molecular complexity index is 887. The Morgan fingerprint density at radius 1 is 1.26 bits per heavy atom. The molecule has 3 heterocycles. The summed E-state index contributed by atoms with van der Waals surface area (Å²) < 4.78 is 10.8. The van der Waals surface area contributed by atoms with Gasteiger partial charge >= 0.3 is 0 Å². The molecular formula is C19H20N4O3S. The summed E-state index contributed by atoms with van der Waals surface area (Å²) in [5.74, 6) is 1.05. The molecule has 1 fully saturated rings. The van der Waals surface area contributed by atoms with Gasteiger partial charge in [0, 0.05) is 30.5 Å². The fraction of sp³-hybridized carbons (Fsp3) is 0.368. The van der Waals surface area contributed by atoms with Crippen molar-refractivity contribution in [3.8, 4) is 10.6 Å². The lowest BCUT2D eigenvalue weighted by atomic mass is 10.2. The summed E-state index contributed by atoms with van der Waals surface area (Å²) in [6.45, 7) is 1.19. The monoisotopic (exact) mass is 384 g/mol. The molecule has 0 aliphatic carbocycles. The minimum absolute atomic E-state index is 0.0669. The zero-order chi connectivity index (χ0) is 18.5. The van der Waals surface area contributed by atoms with E-state index in [0.717, 1.165) is 35.7 Å². The molecule has 1 saturated heterocycles. The zero-order valence-electron chi connectivity index (χ0n) is 14.8. The number of carbonyl (C=O) groups excluding carboxylic acids is 1. The van der Waals surface area contributed by atoms with Crippen LogP contribution >= 0.6 is 11.3 Å². The van der Waals surface area contributed by atoms with E-state index >= 15 is 0 Å². The first-order valence-electron chi connectivity index (χ1n) is 8.98. The minimum Gasteiger partial charge on any atom is -0.368 e. The van der Waals surface area contributed by atoms with Crippen molar-refractivity contribution in [3.05, 3.63) is 53.1 Å². The molecule has 7 nitrogen and oxygen atoms in total. The summed E-state index contributed by atoms with van der Waals surface area (Å²) in [7, 11) is 0. The van der Waals surface area contributed by atoms with Gasteiger partial charge in [-0.2, -0.15) is 4.98 Å². The van der Waals surface area contributed by atoms with Crippen LogP contribution in [0.2, 0.25) is 0 Å². The van der Waals surface area contributed by atoms with E-state index < -0.39 is 0 Å². The molecule has 1 N–H and O–H groups in total. The highest BCUT2D eigenvalue weighted by Gasteiger charge is 2.23. The number of hydrogen-bond acceptors (Lipinski definition) is 7. The predicted molar refractivity (Wildman–Crippen MR) is 100 cm³/mol. The zero-order valence-corrected chi connectivity index (χ0v) is 15.6. The number of hydrogen-bond donors (Lipinski definition) is 1. The quantitative estimate of drug-likeness (QED) is 0.674. The van der Waals surface area contributed by atoms with Crippen LogP contribution < -0.4 is 5.32 Å². The van der Waals surface area contributed by atoms with Gasteiger partial charge in [-0.25, -0.2) is 4.98 Å². The van der Waals surface area contributed by atoms with Crippen molar-refractivity contribution in [2.75, 3.05) is 13.2 Å². The first-order valence-corrected chi connectivity index (χ1v) is 9.86. The van der Waals surface area contributed by atoms with E-state index in [-0.39, 0.29) is 18.4 Å². The summed E-state index contributed by atoms with van der Waals surface area (Å²) in [4.78, 5) is 21.0. The van der Waals surface area contributed by atoms with Gasteiger partial charge in [-0.3, -0.25) is 4.79 Å². The second kappa shape index (κ2) is 8.41. The molecule has 0 spiro atoms. The second-order valence-corrected chi connectivity index (χ2v) is 7.20. The van der Waals surface area contributed by atoms with Gasteiger partial charge in [-0.05, 0) is 12.8 Å². The molecule has 1 amide bonds. The van der Waals surface area contributed by atoms with Crippen molar-refractivity contribution < 1.29 is 14.1 Å². The molecule has 1 aliphatic heterocycles. The molecule has 8 heteroatoms. The highest BCUT2D eigenvalue weighted by Crippen LogP contribution is 2.27. The molecule has 1 aromatic carbocycles. The number of nitrogens with one attached hydrogen (secondary N) is 1. The van der Waals surface area contributed by atoms with Crippen LogP contribution in [0.4, 0.5) is 0 Å². The number of aromatic nitrogens is 3. The largest absolute Gasteiger partial charge is 0.368 e. The maximum Gasteiger partial charge on any atom is 0.255 e. The third-order valence-corrected chi connectivity index (χ3v) is 5.21. The molecule has 1 aliphatic rings. The Labute approximate surface area is 160 Å². The van der Waals surface area contributed by atoms with Crippen molar-refractivity contribution in [1.29, 1.82) is 0 Å². The average Bonchev–Trinajstić information content (AvgIpc) is 3.44. The Hall–Kier alpha value is -2.58. The highest BCUT2D eigenvalue weighted by molar-refractivity contribution is 7.13. The van der Waals surface area contributed by atoms with Crippen molar-refractivity contribution in [2.45, 2.75) is 31.8 Å². The summed E-state index contributed by atoms with van der Waals surface area (Å²) in [6.07, 6.45) is 2.63. The maximum atomic E-state index is 12.1. The Morgan fingerprint density at radius 3 is 2.96 bits per heavy atom. The van der Waals surface area contributed by atoms with E-state index in [0.29, 0.717) is 24.7 Å². The second-order valence-electron chi connectivity index (χ2n) is 6.34. The van der Waals surface area contributed by atoms with E-state index in [9.17, 15) is 4.79 Å². The topological polar surface area (TPSA) is 90.1 Å². The fourth-order valence-corrected chi connectivity index (χ4v) is 3.74. The van der Waals surface area contributed by atoms with Crippen LogP contribution in [0.15, 0.2) is 40.2 Å². The summed E-state index contributed by atoms with van der Waals surface area (Å²) in [6, 6.07) is 9.95. The van der Waals surface area contributed by atoms with E-state index in [4.69, 9.17) is 9.26 Å². The summed E-state index contributed by atoms with van der Waals surface area (Å²) in [5.41, 5.74) is 1.84. The van der Waals surface area contributed by atoms with Gasteiger partial charge in [0.15, 0.2) is 5.82 Å². The van der Waals surface area contributed by atoms with Crippen molar-refractivity contribution in [3.63, 3.8) is 0 Å². The molecule has 27 heavy (non-hydrogen) atoms.